The molecule has 1 saturated heterocycles. The van der Waals surface area contributed by atoms with Gasteiger partial charge in [0.25, 0.3) is 0 Å². The van der Waals surface area contributed by atoms with Gasteiger partial charge < -0.3 is 5.32 Å². The smallest absolute Gasteiger partial charge is 0.244 e. The average Bonchev–Trinajstić information content (AvgIpc) is 3.09. The SMILES string of the molecule is O=C(CC1CCCN1S(=O)(=O)c1cccnc1)NC12CC3CC(CC(C3)C1)C2. The largest absolute Gasteiger partial charge is 0.351 e. The highest BCUT2D eigenvalue weighted by Gasteiger charge is 2.51. The molecular formula is C21H29N3O3S. The van der Waals surface area contributed by atoms with Crippen molar-refractivity contribution < 1.29 is 13.2 Å². The van der Waals surface area contributed by atoms with E-state index in [-0.39, 0.29) is 28.8 Å². The molecule has 1 aromatic rings. The van der Waals surface area contributed by atoms with Gasteiger partial charge >= 0.3 is 0 Å². The number of sulfonamides is 1. The van der Waals surface area contributed by atoms with Gasteiger partial charge in [0.2, 0.25) is 15.9 Å². The zero-order valence-electron chi connectivity index (χ0n) is 16.2. The molecule has 0 spiro atoms. The van der Waals surface area contributed by atoms with Gasteiger partial charge in [-0.3, -0.25) is 9.78 Å². The molecule has 1 aliphatic heterocycles. The van der Waals surface area contributed by atoms with Gasteiger partial charge in [0.15, 0.2) is 0 Å². The normalized spacial score (nSPS) is 37.3. The summed E-state index contributed by atoms with van der Waals surface area (Å²) in [5.41, 5.74) is -0.0164. The van der Waals surface area contributed by atoms with E-state index in [4.69, 9.17) is 0 Å². The summed E-state index contributed by atoms with van der Waals surface area (Å²) in [4.78, 5) is 17.1. The molecule has 2 heterocycles. The van der Waals surface area contributed by atoms with Crippen LogP contribution in [0.15, 0.2) is 29.4 Å². The predicted octanol–water partition coefficient (Wildman–Crippen LogP) is 2.71. The van der Waals surface area contributed by atoms with E-state index in [0.29, 0.717) is 6.54 Å². The van der Waals surface area contributed by atoms with E-state index in [0.717, 1.165) is 49.9 Å². The van der Waals surface area contributed by atoms with Crippen LogP contribution in [0, 0.1) is 17.8 Å². The summed E-state index contributed by atoms with van der Waals surface area (Å²) in [5.74, 6) is 2.36. The second-order valence-electron chi connectivity index (χ2n) is 9.55. The van der Waals surface area contributed by atoms with E-state index in [1.54, 1.807) is 18.3 Å². The van der Waals surface area contributed by atoms with Gasteiger partial charge in [0.1, 0.15) is 4.90 Å². The van der Waals surface area contributed by atoms with Crippen LogP contribution in [-0.4, -0.2) is 41.7 Å². The summed E-state index contributed by atoms with van der Waals surface area (Å²) in [6, 6.07) is 2.96. The third kappa shape index (κ3) is 3.26. The fourth-order valence-electron chi connectivity index (χ4n) is 6.79. The number of nitrogens with one attached hydrogen (secondary N) is 1. The van der Waals surface area contributed by atoms with Crippen molar-refractivity contribution in [2.45, 2.75) is 74.3 Å². The fourth-order valence-corrected chi connectivity index (χ4v) is 8.45. The number of carbonyl (C=O) groups excluding carboxylic acids is 1. The fraction of sp³-hybridized carbons (Fsp3) is 0.714. The molecule has 152 valence electrons. The highest BCUT2D eigenvalue weighted by molar-refractivity contribution is 7.89. The quantitative estimate of drug-likeness (QED) is 0.820. The van der Waals surface area contributed by atoms with Crippen molar-refractivity contribution >= 4 is 15.9 Å². The number of amides is 1. The van der Waals surface area contributed by atoms with Gasteiger partial charge in [0.05, 0.1) is 0 Å². The number of hydrogen-bond donors (Lipinski definition) is 1. The lowest BCUT2D eigenvalue weighted by Gasteiger charge is -2.57. The van der Waals surface area contributed by atoms with Crippen LogP contribution >= 0.6 is 0 Å². The third-order valence-electron chi connectivity index (χ3n) is 7.43. The van der Waals surface area contributed by atoms with Crippen molar-refractivity contribution in [2.24, 2.45) is 17.8 Å². The minimum Gasteiger partial charge on any atom is -0.351 e. The Morgan fingerprint density at radius 3 is 2.46 bits per heavy atom. The molecule has 4 saturated carbocycles. The van der Waals surface area contributed by atoms with Crippen molar-refractivity contribution in [1.82, 2.24) is 14.6 Å². The molecule has 1 aromatic heterocycles. The molecule has 1 N–H and O–H groups in total. The van der Waals surface area contributed by atoms with Gasteiger partial charge in [0, 0.05) is 36.9 Å². The summed E-state index contributed by atoms with van der Waals surface area (Å²) in [6.07, 6.45) is 12.1. The molecule has 1 amide bonds. The molecule has 1 atom stereocenters. The topological polar surface area (TPSA) is 79.4 Å². The van der Waals surface area contributed by atoms with E-state index in [1.807, 2.05) is 0 Å². The Bertz CT molecular complexity index is 820. The Hall–Kier alpha value is -1.47. The zero-order valence-corrected chi connectivity index (χ0v) is 17.0. The number of pyridine rings is 1. The molecule has 28 heavy (non-hydrogen) atoms. The van der Waals surface area contributed by atoms with Crippen molar-refractivity contribution in [3.63, 3.8) is 0 Å². The van der Waals surface area contributed by atoms with Crippen molar-refractivity contribution in [3.8, 4) is 0 Å². The summed E-state index contributed by atoms with van der Waals surface area (Å²) >= 11 is 0. The van der Waals surface area contributed by atoms with E-state index in [2.05, 4.69) is 10.3 Å². The first-order valence-corrected chi connectivity index (χ1v) is 12.1. The van der Waals surface area contributed by atoms with E-state index < -0.39 is 10.0 Å². The Balaban J connectivity index is 1.27. The van der Waals surface area contributed by atoms with Crippen molar-refractivity contribution in [2.75, 3.05) is 6.54 Å². The number of carbonyl (C=O) groups is 1. The molecule has 5 fully saturated rings. The average molecular weight is 404 g/mol. The van der Waals surface area contributed by atoms with Crippen LogP contribution in [0.25, 0.3) is 0 Å². The molecule has 0 radical (unpaired) electrons. The maximum atomic E-state index is 13.0. The second kappa shape index (κ2) is 6.80. The minimum atomic E-state index is -3.60. The highest BCUT2D eigenvalue weighted by Crippen LogP contribution is 2.55. The number of aromatic nitrogens is 1. The first-order valence-electron chi connectivity index (χ1n) is 10.7. The standard InChI is InChI=1S/C21H29N3O3S/c25-20(23-21-11-15-7-16(12-21)9-17(8-15)13-21)10-18-3-2-6-24(18)28(26,27)19-4-1-5-22-14-19/h1,4-5,14-18H,2-3,6-13H2,(H,23,25). The zero-order chi connectivity index (χ0) is 19.4. The highest BCUT2D eigenvalue weighted by atomic mass is 32.2. The van der Waals surface area contributed by atoms with Crippen LogP contribution in [0.1, 0.15) is 57.8 Å². The predicted molar refractivity (Wildman–Crippen MR) is 105 cm³/mol. The lowest BCUT2D eigenvalue weighted by atomic mass is 9.53. The third-order valence-corrected chi connectivity index (χ3v) is 9.36. The van der Waals surface area contributed by atoms with Gasteiger partial charge in [-0.2, -0.15) is 4.31 Å². The molecule has 6 nitrogen and oxygen atoms in total. The molecule has 4 bridgehead atoms. The summed E-state index contributed by atoms with van der Waals surface area (Å²) in [7, 11) is -3.60. The van der Waals surface area contributed by atoms with Crippen molar-refractivity contribution in [1.29, 1.82) is 0 Å². The van der Waals surface area contributed by atoms with Crippen LogP contribution < -0.4 is 5.32 Å². The first kappa shape index (κ1) is 18.6. The second-order valence-corrected chi connectivity index (χ2v) is 11.4. The number of rotatable bonds is 5. The van der Waals surface area contributed by atoms with Crippen LogP contribution in [0.2, 0.25) is 0 Å². The van der Waals surface area contributed by atoms with Gasteiger partial charge in [-0.15, -0.1) is 0 Å². The van der Waals surface area contributed by atoms with Crippen LogP contribution in [-0.2, 0) is 14.8 Å². The maximum absolute atomic E-state index is 13.0. The molecule has 1 unspecified atom stereocenters. The Kier molecular flexibility index (Phi) is 4.51. The Morgan fingerprint density at radius 1 is 1.18 bits per heavy atom. The summed E-state index contributed by atoms with van der Waals surface area (Å²) in [6.45, 7) is 0.479. The molecule has 7 heteroatoms. The lowest BCUT2D eigenvalue weighted by Crippen LogP contribution is -2.60. The maximum Gasteiger partial charge on any atom is 0.244 e. The Labute approximate surface area is 167 Å². The lowest BCUT2D eigenvalue weighted by molar-refractivity contribution is -0.127. The number of hydrogen-bond acceptors (Lipinski definition) is 4. The molecule has 5 aliphatic rings. The monoisotopic (exact) mass is 403 g/mol. The first-order chi connectivity index (χ1) is 13.4. The molecule has 6 rings (SSSR count). The molecule has 0 aromatic carbocycles. The van der Waals surface area contributed by atoms with Crippen LogP contribution in [0.5, 0.6) is 0 Å². The molecule has 4 aliphatic carbocycles. The Morgan fingerprint density at radius 2 is 1.86 bits per heavy atom. The summed E-state index contributed by atoms with van der Waals surface area (Å²) < 4.78 is 27.5. The van der Waals surface area contributed by atoms with E-state index in [1.165, 1.54) is 29.8 Å². The minimum absolute atomic E-state index is 0.0164. The van der Waals surface area contributed by atoms with Crippen molar-refractivity contribution in [3.05, 3.63) is 24.5 Å². The summed E-state index contributed by atoms with van der Waals surface area (Å²) in [5, 5.41) is 3.39. The van der Waals surface area contributed by atoms with Gasteiger partial charge in [-0.25, -0.2) is 8.42 Å². The van der Waals surface area contributed by atoms with E-state index in [9.17, 15) is 13.2 Å². The molecular weight excluding hydrogens is 374 g/mol. The van der Waals surface area contributed by atoms with Crippen LogP contribution in [0.3, 0.4) is 0 Å². The van der Waals surface area contributed by atoms with Gasteiger partial charge in [-0.05, 0) is 81.3 Å². The van der Waals surface area contributed by atoms with E-state index >= 15 is 0 Å². The van der Waals surface area contributed by atoms with Crippen LogP contribution in [0.4, 0.5) is 0 Å². The number of nitrogens with zero attached hydrogens (tertiary/aromatic N) is 2. The van der Waals surface area contributed by atoms with Gasteiger partial charge in [-0.1, -0.05) is 0 Å².